The molecule has 3 aromatic carbocycles. The maximum absolute atomic E-state index is 13.6. The molecule has 0 aliphatic carbocycles. The molecule has 3 aromatic rings. The molecule has 0 atom stereocenters. The molecule has 0 aromatic heterocycles. The number of nitrogens with one attached hydrogen (secondary N) is 1. The average Bonchev–Trinajstić information content (AvgIpc) is 2.58. The highest BCUT2D eigenvalue weighted by atomic mass is 19.1. The Bertz CT molecular complexity index is 800. The van der Waals surface area contributed by atoms with Crippen LogP contribution in [0.3, 0.4) is 0 Å². The maximum Gasteiger partial charge on any atom is 0.256 e. The maximum atomic E-state index is 13.6. The normalized spacial score (nSPS) is 10.3. The van der Waals surface area contributed by atoms with Gasteiger partial charge in [0.15, 0.2) is 0 Å². The molecule has 0 aliphatic heterocycles. The van der Waals surface area contributed by atoms with Crippen LogP contribution in [0.15, 0.2) is 78.9 Å². The summed E-state index contributed by atoms with van der Waals surface area (Å²) in [6.07, 6.45) is 0.582. The van der Waals surface area contributed by atoms with E-state index in [0.717, 1.165) is 11.1 Å². The van der Waals surface area contributed by atoms with Gasteiger partial charge in [-0.05, 0) is 41.8 Å². The third kappa shape index (κ3) is 3.83. The Morgan fingerprint density at radius 2 is 1.52 bits per heavy atom. The zero-order chi connectivity index (χ0) is 16.1. The molecule has 0 saturated heterocycles. The predicted octanol–water partition coefficient (Wildman–Crippen LogP) is 4.67. The number of benzene rings is 3. The summed E-state index contributed by atoms with van der Waals surface area (Å²) in [6.45, 7) is 0. The molecule has 1 amide bonds. The number of amides is 1. The molecule has 0 radical (unpaired) electrons. The van der Waals surface area contributed by atoms with Crippen molar-refractivity contribution in [3.63, 3.8) is 0 Å². The SMILES string of the molecule is O=C(Nc1ccccc1)c1cc(F)ccc1Cc1ccccc1. The van der Waals surface area contributed by atoms with Gasteiger partial charge in [0.2, 0.25) is 0 Å². The van der Waals surface area contributed by atoms with Crippen molar-refractivity contribution in [2.75, 3.05) is 5.32 Å². The monoisotopic (exact) mass is 305 g/mol. The fraction of sp³-hybridized carbons (Fsp3) is 0.0500. The van der Waals surface area contributed by atoms with E-state index in [1.54, 1.807) is 18.2 Å². The zero-order valence-electron chi connectivity index (χ0n) is 12.5. The third-order valence-electron chi connectivity index (χ3n) is 3.59. The lowest BCUT2D eigenvalue weighted by molar-refractivity contribution is 0.102. The van der Waals surface area contributed by atoms with Crippen molar-refractivity contribution < 1.29 is 9.18 Å². The number of carbonyl (C=O) groups is 1. The molecular weight excluding hydrogens is 289 g/mol. The second-order valence-electron chi connectivity index (χ2n) is 5.28. The minimum atomic E-state index is -0.417. The lowest BCUT2D eigenvalue weighted by atomic mass is 9.99. The van der Waals surface area contributed by atoms with Gasteiger partial charge in [-0.15, -0.1) is 0 Å². The molecule has 3 heteroatoms. The van der Waals surface area contributed by atoms with Crippen LogP contribution in [0.5, 0.6) is 0 Å². The van der Waals surface area contributed by atoms with E-state index >= 15 is 0 Å². The Morgan fingerprint density at radius 3 is 2.22 bits per heavy atom. The highest BCUT2D eigenvalue weighted by Crippen LogP contribution is 2.18. The van der Waals surface area contributed by atoms with Crippen LogP contribution in [0.2, 0.25) is 0 Å². The Labute approximate surface area is 134 Å². The van der Waals surface area contributed by atoms with Gasteiger partial charge in [0.1, 0.15) is 5.82 Å². The van der Waals surface area contributed by atoms with Crippen molar-refractivity contribution in [2.24, 2.45) is 0 Å². The van der Waals surface area contributed by atoms with Crippen LogP contribution >= 0.6 is 0 Å². The standard InChI is InChI=1S/C20H16FNO/c21-17-12-11-16(13-15-7-3-1-4-8-15)19(14-17)20(23)22-18-9-5-2-6-10-18/h1-12,14H,13H2,(H,22,23). The van der Waals surface area contributed by atoms with Gasteiger partial charge >= 0.3 is 0 Å². The van der Waals surface area contributed by atoms with E-state index in [1.807, 2.05) is 48.5 Å². The first-order valence-corrected chi connectivity index (χ1v) is 7.41. The van der Waals surface area contributed by atoms with Gasteiger partial charge in [0.05, 0.1) is 0 Å². The second kappa shape index (κ2) is 6.88. The van der Waals surface area contributed by atoms with Gasteiger partial charge in [-0.25, -0.2) is 4.39 Å². The molecule has 0 saturated carbocycles. The fourth-order valence-corrected chi connectivity index (χ4v) is 2.45. The molecule has 3 rings (SSSR count). The summed E-state index contributed by atoms with van der Waals surface area (Å²) in [5, 5.41) is 2.81. The quantitative estimate of drug-likeness (QED) is 0.745. The van der Waals surface area contributed by atoms with Crippen molar-refractivity contribution in [2.45, 2.75) is 6.42 Å². The van der Waals surface area contributed by atoms with Crippen molar-refractivity contribution in [1.29, 1.82) is 0 Å². The van der Waals surface area contributed by atoms with E-state index in [0.29, 0.717) is 17.7 Å². The first-order chi connectivity index (χ1) is 11.2. The van der Waals surface area contributed by atoms with E-state index in [4.69, 9.17) is 0 Å². The first-order valence-electron chi connectivity index (χ1n) is 7.41. The molecule has 0 heterocycles. The van der Waals surface area contributed by atoms with Crippen molar-refractivity contribution >= 4 is 11.6 Å². The van der Waals surface area contributed by atoms with Gasteiger partial charge < -0.3 is 5.32 Å². The summed E-state index contributed by atoms with van der Waals surface area (Å²) >= 11 is 0. The van der Waals surface area contributed by atoms with Crippen LogP contribution in [0.1, 0.15) is 21.5 Å². The smallest absolute Gasteiger partial charge is 0.256 e. The lowest BCUT2D eigenvalue weighted by Crippen LogP contribution is -2.14. The molecule has 0 spiro atoms. The molecule has 0 unspecified atom stereocenters. The van der Waals surface area contributed by atoms with Crippen molar-refractivity contribution in [3.8, 4) is 0 Å². The molecule has 0 fully saturated rings. The van der Waals surface area contributed by atoms with Gasteiger partial charge in [0.25, 0.3) is 5.91 Å². The van der Waals surface area contributed by atoms with E-state index in [2.05, 4.69) is 5.32 Å². The Morgan fingerprint density at radius 1 is 0.870 bits per heavy atom. The first kappa shape index (κ1) is 15.0. The zero-order valence-corrected chi connectivity index (χ0v) is 12.5. The fourth-order valence-electron chi connectivity index (χ4n) is 2.45. The minimum absolute atomic E-state index is 0.304. The number of carbonyl (C=O) groups excluding carboxylic acids is 1. The van der Waals surface area contributed by atoms with Gasteiger partial charge in [0, 0.05) is 11.3 Å². The highest BCUT2D eigenvalue weighted by Gasteiger charge is 2.13. The molecule has 114 valence electrons. The van der Waals surface area contributed by atoms with Gasteiger partial charge in [-0.3, -0.25) is 4.79 Å². The molecular formula is C20H16FNO. The number of anilines is 1. The lowest BCUT2D eigenvalue weighted by Gasteiger charge is -2.11. The van der Waals surface area contributed by atoms with Crippen molar-refractivity contribution in [3.05, 3.63) is 101 Å². The van der Waals surface area contributed by atoms with Crippen LogP contribution in [0.25, 0.3) is 0 Å². The molecule has 1 N–H and O–H groups in total. The summed E-state index contributed by atoms with van der Waals surface area (Å²) in [5.74, 6) is -0.721. The summed E-state index contributed by atoms with van der Waals surface area (Å²) in [5.41, 5.74) is 2.92. The van der Waals surface area contributed by atoms with Crippen LogP contribution in [-0.2, 0) is 6.42 Å². The highest BCUT2D eigenvalue weighted by molar-refractivity contribution is 6.05. The largest absolute Gasteiger partial charge is 0.322 e. The summed E-state index contributed by atoms with van der Waals surface area (Å²) in [6, 6.07) is 23.3. The average molecular weight is 305 g/mol. The second-order valence-corrected chi connectivity index (χ2v) is 5.28. The van der Waals surface area contributed by atoms with Crippen LogP contribution < -0.4 is 5.32 Å². The summed E-state index contributed by atoms with van der Waals surface area (Å²) in [4.78, 5) is 12.5. The third-order valence-corrected chi connectivity index (χ3v) is 3.59. The molecule has 23 heavy (non-hydrogen) atoms. The van der Waals surface area contributed by atoms with E-state index in [-0.39, 0.29) is 5.91 Å². The minimum Gasteiger partial charge on any atom is -0.322 e. The van der Waals surface area contributed by atoms with Crippen molar-refractivity contribution in [1.82, 2.24) is 0 Å². The van der Waals surface area contributed by atoms with Gasteiger partial charge in [-0.1, -0.05) is 54.6 Å². The number of hydrogen-bond acceptors (Lipinski definition) is 1. The van der Waals surface area contributed by atoms with E-state index < -0.39 is 5.82 Å². The van der Waals surface area contributed by atoms with Crippen LogP contribution in [-0.4, -0.2) is 5.91 Å². The van der Waals surface area contributed by atoms with Crippen LogP contribution in [0, 0.1) is 5.82 Å². The van der Waals surface area contributed by atoms with E-state index in [1.165, 1.54) is 12.1 Å². The molecule has 0 aliphatic rings. The Hall–Kier alpha value is -2.94. The predicted molar refractivity (Wildman–Crippen MR) is 90.0 cm³/mol. The molecule has 0 bridgehead atoms. The summed E-state index contributed by atoms with van der Waals surface area (Å²) in [7, 11) is 0. The van der Waals surface area contributed by atoms with Gasteiger partial charge in [-0.2, -0.15) is 0 Å². The number of para-hydroxylation sites is 1. The number of rotatable bonds is 4. The summed E-state index contributed by atoms with van der Waals surface area (Å²) < 4.78 is 13.6. The molecule has 2 nitrogen and oxygen atoms in total. The number of halogens is 1. The Balaban J connectivity index is 1.88. The topological polar surface area (TPSA) is 29.1 Å². The van der Waals surface area contributed by atoms with E-state index in [9.17, 15) is 9.18 Å². The Kier molecular flexibility index (Phi) is 4.48. The number of hydrogen-bond donors (Lipinski definition) is 1. The van der Waals surface area contributed by atoms with Crippen LogP contribution in [0.4, 0.5) is 10.1 Å².